The zero-order chi connectivity index (χ0) is 15.0. The molecule has 1 unspecified atom stereocenters. The van der Waals surface area contributed by atoms with Crippen LogP contribution in [0.25, 0.3) is 0 Å². The van der Waals surface area contributed by atoms with Crippen LogP contribution in [0.1, 0.15) is 45.6 Å². The minimum Gasteiger partial charge on any atom is -0.372 e. The molecule has 0 spiro atoms. The van der Waals surface area contributed by atoms with Crippen molar-refractivity contribution in [1.29, 1.82) is 0 Å². The lowest BCUT2D eigenvalue weighted by Gasteiger charge is -2.26. The molecule has 0 aliphatic heterocycles. The molecule has 0 fully saturated rings. The summed E-state index contributed by atoms with van der Waals surface area (Å²) in [6.45, 7) is 12.0. The van der Waals surface area contributed by atoms with Crippen molar-refractivity contribution in [2.45, 2.75) is 47.0 Å². The summed E-state index contributed by atoms with van der Waals surface area (Å²) in [6.07, 6.45) is 3.70. The second-order valence-corrected chi connectivity index (χ2v) is 6.14. The zero-order valence-corrected chi connectivity index (χ0v) is 13.7. The minimum atomic E-state index is 0.744. The van der Waals surface area contributed by atoms with Crippen LogP contribution in [0.3, 0.4) is 0 Å². The van der Waals surface area contributed by atoms with Crippen molar-refractivity contribution in [3.05, 3.63) is 29.8 Å². The molecule has 0 amide bonds. The lowest BCUT2D eigenvalue weighted by atomic mass is 9.88. The first-order chi connectivity index (χ1) is 9.58. The second-order valence-electron chi connectivity index (χ2n) is 6.14. The summed E-state index contributed by atoms with van der Waals surface area (Å²) in [4.78, 5) is 2.47. The van der Waals surface area contributed by atoms with E-state index in [2.05, 4.69) is 56.9 Å². The van der Waals surface area contributed by atoms with Gasteiger partial charge in [-0.25, -0.2) is 0 Å². The molecule has 2 heteroatoms. The van der Waals surface area contributed by atoms with Gasteiger partial charge in [0, 0.05) is 18.8 Å². The van der Waals surface area contributed by atoms with Crippen molar-refractivity contribution in [2.24, 2.45) is 17.6 Å². The fraction of sp³-hybridized carbons (Fsp3) is 0.667. The Labute approximate surface area is 125 Å². The Bertz CT molecular complexity index is 356. The predicted molar refractivity (Wildman–Crippen MR) is 90.3 cm³/mol. The van der Waals surface area contributed by atoms with Gasteiger partial charge in [-0.15, -0.1) is 0 Å². The molecule has 0 aliphatic rings. The van der Waals surface area contributed by atoms with E-state index in [9.17, 15) is 0 Å². The molecule has 2 nitrogen and oxygen atoms in total. The van der Waals surface area contributed by atoms with Crippen LogP contribution >= 0.6 is 0 Å². The van der Waals surface area contributed by atoms with Crippen molar-refractivity contribution in [2.75, 3.05) is 24.5 Å². The third kappa shape index (κ3) is 5.54. The zero-order valence-electron chi connectivity index (χ0n) is 13.7. The summed E-state index contributed by atoms with van der Waals surface area (Å²) in [7, 11) is 0. The van der Waals surface area contributed by atoms with Crippen LogP contribution in [0.4, 0.5) is 5.69 Å². The number of nitrogens with two attached hydrogens (primary N) is 1. The summed E-state index contributed by atoms with van der Waals surface area (Å²) in [5.41, 5.74) is 8.39. The van der Waals surface area contributed by atoms with Crippen LogP contribution in [0.5, 0.6) is 0 Å². The molecule has 1 rings (SSSR count). The van der Waals surface area contributed by atoms with E-state index in [-0.39, 0.29) is 0 Å². The Hall–Kier alpha value is -1.02. The van der Waals surface area contributed by atoms with Crippen LogP contribution in [-0.2, 0) is 0 Å². The highest BCUT2D eigenvalue weighted by Gasteiger charge is 2.13. The van der Waals surface area contributed by atoms with E-state index >= 15 is 0 Å². The van der Waals surface area contributed by atoms with E-state index in [1.54, 1.807) is 0 Å². The number of hydrogen-bond donors (Lipinski definition) is 1. The maximum atomic E-state index is 5.72. The number of hydrogen-bond acceptors (Lipinski definition) is 2. The van der Waals surface area contributed by atoms with E-state index in [0.29, 0.717) is 0 Å². The molecule has 114 valence electrons. The van der Waals surface area contributed by atoms with Gasteiger partial charge in [-0.05, 0) is 63.6 Å². The first-order valence-electron chi connectivity index (χ1n) is 8.10. The Morgan fingerprint density at radius 1 is 1.10 bits per heavy atom. The fourth-order valence-electron chi connectivity index (χ4n) is 2.79. The first-order valence-corrected chi connectivity index (χ1v) is 8.10. The summed E-state index contributed by atoms with van der Waals surface area (Å²) < 4.78 is 0. The van der Waals surface area contributed by atoms with Gasteiger partial charge >= 0.3 is 0 Å². The molecular weight excluding hydrogens is 244 g/mol. The van der Waals surface area contributed by atoms with Crippen molar-refractivity contribution in [1.82, 2.24) is 0 Å². The molecule has 0 aliphatic carbocycles. The standard InChI is InChI=1S/C18H32N2/c1-5-20(18-10-8-16(4)9-11-18)14-6-7-17(12-13-19)15(2)3/h8-11,15,17H,5-7,12-14,19H2,1-4H3. The van der Waals surface area contributed by atoms with E-state index in [1.807, 2.05) is 0 Å². The molecule has 0 saturated heterocycles. The van der Waals surface area contributed by atoms with Crippen molar-refractivity contribution in [3.8, 4) is 0 Å². The monoisotopic (exact) mass is 276 g/mol. The number of anilines is 1. The topological polar surface area (TPSA) is 29.3 Å². The molecule has 0 heterocycles. The molecular formula is C18H32N2. The van der Waals surface area contributed by atoms with Gasteiger partial charge in [0.2, 0.25) is 0 Å². The van der Waals surface area contributed by atoms with Gasteiger partial charge in [-0.3, -0.25) is 0 Å². The lowest BCUT2D eigenvalue weighted by molar-refractivity contribution is 0.334. The third-order valence-electron chi connectivity index (χ3n) is 4.26. The number of nitrogens with zero attached hydrogens (tertiary/aromatic N) is 1. The lowest BCUT2D eigenvalue weighted by Crippen LogP contribution is -2.25. The third-order valence-corrected chi connectivity index (χ3v) is 4.26. The normalized spacial score (nSPS) is 12.7. The highest BCUT2D eigenvalue weighted by molar-refractivity contribution is 5.47. The molecule has 0 radical (unpaired) electrons. The van der Waals surface area contributed by atoms with Crippen LogP contribution in [0, 0.1) is 18.8 Å². The van der Waals surface area contributed by atoms with Gasteiger partial charge in [0.15, 0.2) is 0 Å². The maximum absolute atomic E-state index is 5.72. The van der Waals surface area contributed by atoms with E-state index < -0.39 is 0 Å². The van der Waals surface area contributed by atoms with Crippen molar-refractivity contribution in [3.63, 3.8) is 0 Å². The maximum Gasteiger partial charge on any atom is 0.0366 e. The SMILES string of the molecule is CCN(CCCC(CCN)C(C)C)c1ccc(C)cc1. The Balaban J connectivity index is 2.47. The van der Waals surface area contributed by atoms with Crippen molar-refractivity contribution >= 4 is 5.69 Å². The second kappa shape index (κ2) is 9.02. The average molecular weight is 276 g/mol. The van der Waals surface area contributed by atoms with E-state index in [4.69, 9.17) is 5.73 Å². The van der Waals surface area contributed by atoms with Gasteiger partial charge in [0.1, 0.15) is 0 Å². The molecule has 2 N–H and O–H groups in total. The minimum absolute atomic E-state index is 0.744. The average Bonchev–Trinajstić information content (AvgIpc) is 2.43. The van der Waals surface area contributed by atoms with Crippen LogP contribution < -0.4 is 10.6 Å². The predicted octanol–water partition coefficient (Wildman–Crippen LogP) is 4.22. The van der Waals surface area contributed by atoms with E-state index in [1.165, 1.54) is 24.1 Å². The van der Waals surface area contributed by atoms with Gasteiger partial charge in [0.05, 0.1) is 0 Å². The van der Waals surface area contributed by atoms with Crippen LogP contribution in [0.15, 0.2) is 24.3 Å². The van der Waals surface area contributed by atoms with Crippen molar-refractivity contribution < 1.29 is 0 Å². The Morgan fingerprint density at radius 2 is 1.75 bits per heavy atom. The molecule has 1 aromatic carbocycles. The van der Waals surface area contributed by atoms with Crippen LogP contribution in [-0.4, -0.2) is 19.6 Å². The smallest absolute Gasteiger partial charge is 0.0366 e. The Morgan fingerprint density at radius 3 is 2.25 bits per heavy atom. The summed E-state index contributed by atoms with van der Waals surface area (Å²) >= 11 is 0. The van der Waals surface area contributed by atoms with Crippen LogP contribution in [0.2, 0.25) is 0 Å². The number of aryl methyl sites for hydroxylation is 1. The summed E-state index contributed by atoms with van der Waals surface area (Å²) in [5, 5.41) is 0. The summed E-state index contributed by atoms with van der Waals surface area (Å²) in [5.74, 6) is 1.52. The van der Waals surface area contributed by atoms with Gasteiger partial charge < -0.3 is 10.6 Å². The van der Waals surface area contributed by atoms with E-state index in [0.717, 1.165) is 37.9 Å². The molecule has 0 aromatic heterocycles. The number of benzene rings is 1. The molecule has 0 bridgehead atoms. The van der Waals surface area contributed by atoms with Gasteiger partial charge in [0.25, 0.3) is 0 Å². The summed E-state index contributed by atoms with van der Waals surface area (Å²) in [6, 6.07) is 8.87. The van der Waals surface area contributed by atoms with Gasteiger partial charge in [-0.1, -0.05) is 31.5 Å². The molecule has 1 atom stereocenters. The largest absolute Gasteiger partial charge is 0.372 e. The first kappa shape index (κ1) is 17.0. The highest BCUT2D eigenvalue weighted by atomic mass is 15.1. The molecule has 0 saturated carbocycles. The Kier molecular flexibility index (Phi) is 7.68. The highest BCUT2D eigenvalue weighted by Crippen LogP contribution is 2.22. The molecule has 20 heavy (non-hydrogen) atoms. The van der Waals surface area contributed by atoms with Gasteiger partial charge in [-0.2, -0.15) is 0 Å². The quantitative estimate of drug-likeness (QED) is 0.731. The molecule has 1 aromatic rings. The number of rotatable bonds is 9. The fourth-order valence-corrected chi connectivity index (χ4v) is 2.79.